The largest absolute Gasteiger partial charge is 0.378 e. The van der Waals surface area contributed by atoms with Gasteiger partial charge in [0.05, 0.1) is 6.10 Å². The first-order valence-corrected chi connectivity index (χ1v) is 8.27. The lowest BCUT2D eigenvalue weighted by Crippen LogP contribution is -2.64. The highest BCUT2D eigenvalue weighted by molar-refractivity contribution is 7.98. The lowest BCUT2D eigenvalue weighted by Gasteiger charge is -2.61. The second-order valence-electron chi connectivity index (χ2n) is 5.42. The minimum absolute atomic E-state index is 0.371. The summed E-state index contributed by atoms with van der Waals surface area (Å²) in [6, 6.07) is 4.55. The summed E-state index contributed by atoms with van der Waals surface area (Å²) < 4.78 is 5.86. The van der Waals surface area contributed by atoms with Crippen molar-refractivity contribution in [3.8, 4) is 0 Å². The van der Waals surface area contributed by atoms with Gasteiger partial charge in [-0.2, -0.15) is 0 Å². The maximum atomic E-state index is 5.86. The van der Waals surface area contributed by atoms with Crippen molar-refractivity contribution in [2.24, 2.45) is 5.41 Å². The van der Waals surface area contributed by atoms with E-state index in [1.54, 1.807) is 11.8 Å². The molecule has 1 aromatic rings. The van der Waals surface area contributed by atoms with Gasteiger partial charge in [0.2, 0.25) is 0 Å². The molecule has 0 bridgehead atoms. The van der Waals surface area contributed by atoms with Gasteiger partial charge in [0.25, 0.3) is 0 Å². The molecular formula is C14H21N3OS. The van der Waals surface area contributed by atoms with E-state index >= 15 is 0 Å². The summed E-state index contributed by atoms with van der Waals surface area (Å²) in [5.41, 5.74) is 0.371. The molecule has 1 aromatic heterocycles. The van der Waals surface area contributed by atoms with E-state index in [2.05, 4.69) is 22.4 Å². The van der Waals surface area contributed by atoms with Crippen LogP contribution in [0.5, 0.6) is 0 Å². The van der Waals surface area contributed by atoms with Crippen LogP contribution in [0.1, 0.15) is 32.6 Å². The molecule has 0 amide bonds. The van der Waals surface area contributed by atoms with Crippen LogP contribution in [0.15, 0.2) is 17.2 Å². The Balaban J connectivity index is 1.64. The Labute approximate surface area is 118 Å². The number of rotatable bonds is 5. The predicted molar refractivity (Wildman–Crippen MR) is 77.5 cm³/mol. The quantitative estimate of drug-likeness (QED) is 0.840. The smallest absolute Gasteiger partial charge is 0.148 e. The van der Waals surface area contributed by atoms with Crippen LogP contribution in [-0.2, 0) is 4.74 Å². The van der Waals surface area contributed by atoms with Gasteiger partial charge in [-0.1, -0.05) is 6.42 Å². The summed E-state index contributed by atoms with van der Waals surface area (Å²) in [5, 5.41) is 12.9. The van der Waals surface area contributed by atoms with Crippen LogP contribution in [0.2, 0.25) is 0 Å². The molecule has 2 atom stereocenters. The second kappa shape index (κ2) is 5.29. The molecule has 0 aliphatic heterocycles. The molecule has 1 N–H and O–H groups in total. The van der Waals surface area contributed by atoms with Crippen LogP contribution in [0.25, 0.3) is 0 Å². The minimum Gasteiger partial charge on any atom is -0.378 e. The van der Waals surface area contributed by atoms with Crippen LogP contribution in [0.4, 0.5) is 5.82 Å². The molecule has 2 saturated carbocycles. The number of nitrogens with one attached hydrogen (secondary N) is 1. The van der Waals surface area contributed by atoms with Gasteiger partial charge >= 0.3 is 0 Å². The van der Waals surface area contributed by atoms with Gasteiger partial charge in [-0.25, -0.2) is 0 Å². The van der Waals surface area contributed by atoms with Crippen molar-refractivity contribution in [3.05, 3.63) is 12.1 Å². The third-order valence-electron chi connectivity index (χ3n) is 4.61. The van der Waals surface area contributed by atoms with E-state index in [0.29, 0.717) is 17.6 Å². The normalized spacial score (nSPS) is 27.7. The van der Waals surface area contributed by atoms with Crippen molar-refractivity contribution in [1.82, 2.24) is 10.2 Å². The summed E-state index contributed by atoms with van der Waals surface area (Å²) in [4.78, 5) is 0. The molecule has 0 saturated heterocycles. The molecule has 0 radical (unpaired) electrons. The average Bonchev–Trinajstić information content (AvgIpc) is 2.36. The highest BCUT2D eigenvalue weighted by Gasteiger charge is 2.59. The first-order valence-electron chi connectivity index (χ1n) is 7.04. The maximum Gasteiger partial charge on any atom is 0.148 e. The molecule has 2 aliphatic rings. The van der Waals surface area contributed by atoms with Gasteiger partial charge < -0.3 is 10.1 Å². The van der Waals surface area contributed by atoms with E-state index in [4.69, 9.17) is 4.74 Å². The third kappa shape index (κ3) is 2.23. The van der Waals surface area contributed by atoms with Crippen molar-refractivity contribution in [2.75, 3.05) is 18.2 Å². The number of hydrogen-bond donors (Lipinski definition) is 1. The van der Waals surface area contributed by atoms with Crippen LogP contribution < -0.4 is 5.32 Å². The third-order valence-corrected chi connectivity index (χ3v) is 5.24. The molecule has 0 aromatic carbocycles. The van der Waals surface area contributed by atoms with Gasteiger partial charge in [0.1, 0.15) is 10.8 Å². The summed E-state index contributed by atoms with van der Waals surface area (Å²) in [6.45, 7) is 2.90. The lowest BCUT2D eigenvalue weighted by molar-refractivity contribution is -0.157. The number of nitrogens with zero attached hydrogens (tertiary/aromatic N) is 2. The van der Waals surface area contributed by atoms with E-state index in [1.807, 2.05) is 18.4 Å². The molecule has 104 valence electrons. The number of hydrogen-bond acceptors (Lipinski definition) is 5. The molecule has 1 heterocycles. The minimum atomic E-state index is 0.371. The number of ether oxygens (including phenoxy) is 1. The second-order valence-corrected chi connectivity index (χ2v) is 6.25. The Kier molecular flexibility index (Phi) is 3.67. The van der Waals surface area contributed by atoms with Crippen LogP contribution in [-0.4, -0.2) is 35.2 Å². The van der Waals surface area contributed by atoms with Gasteiger partial charge in [-0.3, -0.25) is 0 Å². The Bertz CT molecular complexity index is 433. The maximum absolute atomic E-state index is 5.86. The standard InChI is InChI=1S/C14H21N3OS/c1-3-18-11-9-10(14(11)7-4-8-14)15-12-5-6-13(19-2)17-16-12/h5-6,10-11H,3-4,7-9H2,1-2H3,(H,15,16). The Morgan fingerprint density at radius 2 is 2.26 bits per heavy atom. The molecular weight excluding hydrogens is 258 g/mol. The Hall–Kier alpha value is -0.810. The lowest BCUT2D eigenvalue weighted by atomic mass is 9.51. The molecule has 2 aliphatic carbocycles. The first-order chi connectivity index (χ1) is 9.28. The topological polar surface area (TPSA) is 47.0 Å². The fourth-order valence-corrected chi connectivity index (χ4v) is 3.65. The SMILES string of the molecule is CCOC1CC(Nc2ccc(SC)nn2)C12CCC2. The van der Waals surface area contributed by atoms with Gasteiger partial charge in [0.15, 0.2) is 0 Å². The molecule has 1 spiro atoms. The highest BCUT2D eigenvalue weighted by Crippen LogP contribution is 2.58. The highest BCUT2D eigenvalue weighted by atomic mass is 32.2. The molecule has 2 unspecified atom stereocenters. The molecule has 3 rings (SSSR count). The van der Waals surface area contributed by atoms with E-state index in [1.165, 1.54) is 19.3 Å². The Morgan fingerprint density at radius 3 is 2.79 bits per heavy atom. The molecule has 2 fully saturated rings. The van der Waals surface area contributed by atoms with Crippen molar-refractivity contribution in [2.45, 2.75) is 49.8 Å². The van der Waals surface area contributed by atoms with Crippen molar-refractivity contribution < 1.29 is 4.74 Å². The van der Waals surface area contributed by atoms with Crippen LogP contribution >= 0.6 is 11.8 Å². The first kappa shape index (κ1) is 13.2. The summed E-state index contributed by atoms with van der Waals surface area (Å²) in [6.07, 6.45) is 7.46. The van der Waals surface area contributed by atoms with E-state index in [-0.39, 0.29) is 0 Å². The van der Waals surface area contributed by atoms with E-state index in [0.717, 1.165) is 23.9 Å². The zero-order chi connectivity index (χ0) is 13.3. The molecule has 4 nitrogen and oxygen atoms in total. The predicted octanol–water partition coefficient (Wildman–Crippen LogP) is 2.96. The Morgan fingerprint density at radius 1 is 1.42 bits per heavy atom. The number of anilines is 1. The summed E-state index contributed by atoms with van der Waals surface area (Å²) >= 11 is 1.62. The number of aromatic nitrogens is 2. The molecule has 19 heavy (non-hydrogen) atoms. The molecule has 5 heteroatoms. The van der Waals surface area contributed by atoms with Gasteiger partial charge in [0, 0.05) is 18.1 Å². The van der Waals surface area contributed by atoms with Crippen molar-refractivity contribution in [3.63, 3.8) is 0 Å². The van der Waals surface area contributed by atoms with E-state index < -0.39 is 0 Å². The summed E-state index contributed by atoms with van der Waals surface area (Å²) in [7, 11) is 0. The van der Waals surface area contributed by atoms with Crippen molar-refractivity contribution in [1.29, 1.82) is 0 Å². The fourth-order valence-electron chi connectivity index (χ4n) is 3.33. The van der Waals surface area contributed by atoms with Crippen LogP contribution in [0, 0.1) is 5.41 Å². The zero-order valence-electron chi connectivity index (χ0n) is 11.6. The summed E-state index contributed by atoms with van der Waals surface area (Å²) in [5.74, 6) is 0.893. The fraction of sp³-hybridized carbons (Fsp3) is 0.714. The monoisotopic (exact) mass is 279 g/mol. The average molecular weight is 279 g/mol. The number of thioether (sulfide) groups is 1. The van der Waals surface area contributed by atoms with Gasteiger partial charge in [-0.05, 0) is 44.6 Å². The van der Waals surface area contributed by atoms with Crippen LogP contribution in [0.3, 0.4) is 0 Å². The zero-order valence-corrected chi connectivity index (χ0v) is 12.4. The van der Waals surface area contributed by atoms with Gasteiger partial charge in [-0.15, -0.1) is 22.0 Å². The van der Waals surface area contributed by atoms with Crippen molar-refractivity contribution >= 4 is 17.6 Å². The van der Waals surface area contributed by atoms with E-state index in [9.17, 15) is 0 Å².